The lowest BCUT2D eigenvalue weighted by molar-refractivity contribution is -0.137. The number of nitrogens with zero attached hydrogens (tertiary/aromatic N) is 7. The van der Waals surface area contributed by atoms with E-state index in [-0.39, 0.29) is 35.8 Å². The molecule has 1 amide bonds. The van der Waals surface area contributed by atoms with Crippen LogP contribution in [-0.2, 0) is 6.18 Å². The van der Waals surface area contributed by atoms with Gasteiger partial charge in [0.05, 0.1) is 23.6 Å². The number of alkyl halides is 3. The van der Waals surface area contributed by atoms with Crippen LogP contribution in [-0.4, -0.2) is 78.1 Å². The number of pyridine rings is 1. The second-order valence-corrected chi connectivity index (χ2v) is 8.73. The third kappa shape index (κ3) is 5.49. The maximum absolute atomic E-state index is 13.8. The van der Waals surface area contributed by atoms with Crippen molar-refractivity contribution in [2.45, 2.75) is 6.18 Å². The van der Waals surface area contributed by atoms with Gasteiger partial charge in [-0.05, 0) is 36.4 Å². The smallest absolute Gasteiger partial charge is 0.416 e. The molecule has 14 heteroatoms. The molecule has 5 rings (SSSR count). The van der Waals surface area contributed by atoms with Gasteiger partial charge in [-0.25, -0.2) is 9.48 Å². The number of aromatic hydroxyl groups is 1. The highest BCUT2D eigenvalue weighted by Gasteiger charge is 2.33. The molecular weight excluding hydrogens is 519 g/mol. The molecule has 0 radical (unpaired) electrons. The summed E-state index contributed by atoms with van der Waals surface area (Å²) < 4.78 is 42.5. The number of halogens is 3. The highest BCUT2D eigenvalue weighted by atomic mass is 19.4. The Morgan fingerprint density at radius 2 is 1.67 bits per heavy atom. The molecule has 4 heterocycles. The number of rotatable bonds is 5. The molecule has 0 unspecified atom stereocenters. The first-order chi connectivity index (χ1) is 18.6. The van der Waals surface area contributed by atoms with Crippen molar-refractivity contribution >= 4 is 17.7 Å². The van der Waals surface area contributed by atoms with Crippen molar-refractivity contribution in [1.82, 2.24) is 29.9 Å². The number of carbonyl (C=O) groups excluding carboxylic acids is 1. The number of hydrogen-bond donors (Lipinski definition) is 2. The minimum Gasteiger partial charge on any atom is -0.506 e. The van der Waals surface area contributed by atoms with Crippen molar-refractivity contribution in [3.63, 3.8) is 0 Å². The lowest BCUT2D eigenvalue weighted by atomic mass is 10.1. The number of carbonyl (C=O) groups is 2. The largest absolute Gasteiger partial charge is 0.506 e. The fourth-order valence-corrected chi connectivity index (χ4v) is 4.16. The number of aromatic nitrogens is 5. The first-order valence-electron chi connectivity index (χ1n) is 11.6. The molecule has 1 aliphatic rings. The monoisotopic (exact) mass is 539 g/mol. The quantitative estimate of drug-likeness (QED) is 0.392. The summed E-state index contributed by atoms with van der Waals surface area (Å²) in [4.78, 5) is 31.4. The second-order valence-electron chi connectivity index (χ2n) is 8.73. The van der Waals surface area contributed by atoms with E-state index in [9.17, 15) is 27.9 Å². The summed E-state index contributed by atoms with van der Waals surface area (Å²) in [7, 11) is 0. The number of hydrogen-bond acceptors (Lipinski definition) is 8. The predicted octanol–water partition coefficient (Wildman–Crippen LogP) is 3.11. The topological polar surface area (TPSA) is 138 Å². The SMILES string of the molecule is O=C(O)c1ccc(N2CCN(C(=O)c3cc(-n4cc(-c5cncc(O)c5)cn4)cc(C(F)(F)F)c3)CC2)nn1. The lowest BCUT2D eigenvalue weighted by Gasteiger charge is -2.35. The summed E-state index contributed by atoms with van der Waals surface area (Å²) in [5.41, 5.74) is -0.262. The van der Waals surface area contributed by atoms with Gasteiger partial charge in [-0.15, -0.1) is 10.2 Å². The molecule has 0 spiro atoms. The first-order valence-corrected chi connectivity index (χ1v) is 11.6. The van der Waals surface area contributed by atoms with Crippen LogP contribution in [0.2, 0.25) is 0 Å². The van der Waals surface area contributed by atoms with Crippen LogP contribution in [0.25, 0.3) is 16.8 Å². The van der Waals surface area contributed by atoms with Gasteiger partial charge in [0.15, 0.2) is 11.5 Å². The molecule has 4 aromatic rings. The van der Waals surface area contributed by atoms with E-state index in [0.29, 0.717) is 30.0 Å². The van der Waals surface area contributed by atoms with Gasteiger partial charge in [-0.1, -0.05) is 0 Å². The molecule has 1 saturated heterocycles. The Hall–Kier alpha value is -5.01. The van der Waals surface area contributed by atoms with E-state index < -0.39 is 23.6 Å². The molecule has 0 saturated carbocycles. The van der Waals surface area contributed by atoms with Crippen molar-refractivity contribution in [2.75, 3.05) is 31.1 Å². The molecule has 3 aromatic heterocycles. The van der Waals surface area contributed by atoms with E-state index in [1.165, 1.54) is 58.6 Å². The minimum atomic E-state index is -4.70. The van der Waals surface area contributed by atoms with E-state index in [4.69, 9.17) is 5.11 Å². The summed E-state index contributed by atoms with van der Waals surface area (Å²) >= 11 is 0. The van der Waals surface area contributed by atoms with Crippen LogP contribution in [0.4, 0.5) is 19.0 Å². The van der Waals surface area contributed by atoms with Crippen molar-refractivity contribution in [1.29, 1.82) is 0 Å². The first kappa shape index (κ1) is 25.6. The van der Waals surface area contributed by atoms with Gasteiger partial charge in [0.2, 0.25) is 0 Å². The lowest BCUT2D eigenvalue weighted by Crippen LogP contribution is -2.49. The van der Waals surface area contributed by atoms with Crippen LogP contribution in [0, 0.1) is 0 Å². The molecule has 1 fully saturated rings. The van der Waals surface area contributed by atoms with Crippen molar-refractivity contribution in [3.05, 3.63) is 78.0 Å². The highest BCUT2D eigenvalue weighted by molar-refractivity contribution is 5.95. The summed E-state index contributed by atoms with van der Waals surface area (Å²) in [5.74, 6) is -1.41. The summed E-state index contributed by atoms with van der Waals surface area (Å²) in [5, 5.41) is 30.3. The Morgan fingerprint density at radius 3 is 2.31 bits per heavy atom. The molecular formula is C25H20F3N7O4. The van der Waals surface area contributed by atoms with E-state index in [1.54, 1.807) is 0 Å². The van der Waals surface area contributed by atoms with Crippen LogP contribution in [0.3, 0.4) is 0 Å². The maximum Gasteiger partial charge on any atom is 0.416 e. The minimum absolute atomic E-state index is 0.0416. The molecule has 39 heavy (non-hydrogen) atoms. The number of aromatic carboxylic acids is 1. The number of carboxylic acid groups (broad SMARTS) is 1. The summed E-state index contributed by atoms with van der Waals surface area (Å²) in [6, 6.07) is 7.35. The average molecular weight is 539 g/mol. The van der Waals surface area contributed by atoms with E-state index in [1.807, 2.05) is 4.90 Å². The fraction of sp³-hybridized carbons (Fsp3) is 0.200. The summed E-state index contributed by atoms with van der Waals surface area (Å²) in [6.07, 6.45) is 0.934. The van der Waals surface area contributed by atoms with Crippen molar-refractivity contribution < 1.29 is 33.0 Å². The van der Waals surface area contributed by atoms with Gasteiger partial charge in [0, 0.05) is 55.3 Å². The van der Waals surface area contributed by atoms with Crippen molar-refractivity contribution in [3.8, 4) is 22.6 Å². The number of carboxylic acids is 1. The second kappa shape index (κ2) is 10.0. The Kier molecular flexibility index (Phi) is 6.60. The predicted molar refractivity (Wildman–Crippen MR) is 131 cm³/mol. The van der Waals surface area contributed by atoms with E-state index >= 15 is 0 Å². The Balaban J connectivity index is 1.37. The van der Waals surface area contributed by atoms with Gasteiger partial charge in [-0.3, -0.25) is 9.78 Å². The molecule has 1 aromatic carbocycles. The Labute approximate surface area is 218 Å². The van der Waals surface area contributed by atoms with Gasteiger partial charge in [-0.2, -0.15) is 18.3 Å². The highest BCUT2D eigenvalue weighted by Crippen LogP contribution is 2.32. The van der Waals surface area contributed by atoms with Gasteiger partial charge in [0.25, 0.3) is 5.91 Å². The molecule has 0 bridgehead atoms. The van der Waals surface area contributed by atoms with Gasteiger partial charge >= 0.3 is 12.1 Å². The normalized spacial score (nSPS) is 13.9. The van der Waals surface area contributed by atoms with Crippen LogP contribution >= 0.6 is 0 Å². The summed E-state index contributed by atoms with van der Waals surface area (Å²) in [6.45, 7) is 1.09. The number of amides is 1. The van der Waals surface area contributed by atoms with Gasteiger partial charge in [0.1, 0.15) is 5.75 Å². The molecule has 0 atom stereocenters. The molecule has 200 valence electrons. The zero-order valence-corrected chi connectivity index (χ0v) is 20.1. The van der Waals surface area contributed by atoms with Crippen LogP contribution in [0.5, 0.6) is 5.75 Å². The molecule has 2 N–H and O–H groups in total. The molecule has 1 aliphatic heterocycles. The van der Waals surface area contributed by atoms with Gasteiger partial charge < -0.3 is 20.0 Å². The zero-order valence-electron chi connectivity index (χ0n) is 20.1. The Bertz CT molecular complexity index is 1530. The van der Waals surface area contributed by atoms with Crippen LogP contribution < -0.4 is 4.90 Å². The fourth-order valence-electron chi connectivity index (χ4n) is 4.16. The molecule has 0 aliphatic carbocycles. The van der Waals surface area contributed by atoms with Crippen molar-refractivity contribution in [2.24, 2.45) is 0 Å². The maximum atomic E-state index is 13.8. The third-order valence-corrected chi connectivity index (χ3v) is 6.16. The van der Waals surface area contributed by atoms with E-state index in [0.717, 1.165) is 12.1 Å². The zero-order chi connectivity index (χ0) is 27.7. The number of piperazine rings is 1. The third-order valence-electron chi connectivity index (χ3n) is 6.16. The molecule has 11 nitrogen and oxygen atoms in total. The Morgan fingerprint density at radius 1 is 0.897 bits per heavy atom. The number of benzene rings is 1. The van der Waals surface area contributed by atoms with E-state index in [2.05, 4.69) is 20.3 Å². The average Bonchev–Trinajstić information content (AvgIpc) is 3.43. The van der Waals surface area contributed by atoms with Crippen LogP contribution in [0.1, 0.15) is 26.4 Å². The standard InChI is InChI=1S/C25H20F3N7O4/c26-25(27,28)18-7-15(8-19(10-18)35-14-17(12-30-35)16-9-20(36)13-29-11-16)23(37)34-5-3-33(4-6-34)22-2-1-21(24(38)39)31-32-22/h1-2,7-14,36H,3-6H2,(H,38,39). The van der Waals surface area contributed by atoms with Crippen LogP contribution in [0.15, 0.2) is 61.2 Å². The number of anilines is 1.